The van der Waals surface area contributed by atoms with E-state index < -0.39 is 12.1 Å². The Morgan fingerprint density at radius 3 is 2.88 bits per heavy atom. The molecule has 0 spiro atoms. The van der Waals surface area contributed by atoms with Crippen molar-refractivity contribution in [3.63, 3.8) is 0 Å². The number of aliphatic carboxylic acids is 1. The molecule has 0 bridgehead atoms. The first-order chi connectivity index (χ1) is 15.0. The van der Waals surface area contributed by atoms with E-state index in [4.69, 9.17) is 9.47 Å². The molecule has 0 aliphatic carbocycles. The summed E-state index contributed by atoms with van der Waals surface area (Å²) in [6, 6.07) is 16.4. The second-order valence-electron chi connectivity index (χ2n) is 7.35. The van der Waals surface area contributed by atoms with Crippen molar-refractivity contribution in [2.75, 3.05) is 6.61 Å². The fourth-order valence-corrected chi connectivity index (χ4v) is 3.48. The molecule has 2 heterocycles. The predicted octanol–water partition coefficient (Wildman–Crippen LogP) is 2.62. The van der Waals surface area contributed by atoms with Crippen LogP contribution in [0.3, 0.4) is 0 Å². The van der Waals surface area contributed by atoms with Gasteiger partial charge in [-0.15, -0.1) is 0 Å². The molecule has 0 amide bonds. The van der Waals surface area contributed by atoms with E-state index in [-0.39, 0.29) is 44.9 Å². The van der Waals surface area contributed by atoms with Gasteiger partial charge in [0.05, 0.1) is 18.3 Å². The molecule has 2 aromatic carbocycles. The average Bonchev–Trinajstić information content (AvgIpc) is 3.42. The number of ketones is 1. The number of hydrogen-bond donors (Lipinski definition) is 0. The van der Waals surface area contributed by atoms with E-state index in [2.05, 4.69) is 0 Å². The molecule has 0 radical (unpaired) electrons. The zero-order chi connectivity index (χ0) is 21.8. The van der Waals surface area contributed by atoms with Crippen molar-refractivity contribution in [2.45, 2.75) is 26.0 Å². The second kappa shape index (κ2) is 10.9. The maximum absolute atomic E-state index is 13.0. The van der Waals surface area contributed by atoms with Crippen LogP contribution in [-0.2, 0) is 17.8 Å². The van der Waals surface area contributed by atoms with Gasteiger partial charge in [-0.05, 0) is 48.4 Å². The minimum absolute atomic E-state index is 0. The number of benzene rings is 2. The van der Waals surface area contributed by atoms with Crippen LogP contribution in [0.4, 0.5) is 0 Å². The summed E-state index contributed by atoms with van der Waals surface area (Å²) >= 11 is 0. The van der Waals surface area contributed by atoms with Crippen LogP contribution in [0.15, 0.2) is 66.9 Å². The van der Waals surface area contributed by atoms with E-state index in [1.165, 1.54) is 6.92 Å². The van der Waals surface area contributed by atoms with Crippen LogP contribution >= 0.6 is 0 Å². The van der Waals surface area contributed by atoms with E-state index in [0.29, 0.717) is 30.2 Å². The van der Waals surface area contributed by atoms with Crippen LogP contribution in [0.2, 0.25) is 0 Å². The number of nitrogens with zero attached hydrogens (tertiary/aromatic N) is 1. The first-order valence-electron chi connectivity index (χ1n) is 10.1. The summed E-state index contributed by atoms with van der Waals surface area (Å²) in [5, 5.41) is 10.8. The van der Waals surface area contributed by atoms with Gasteiger partial charge in [0.15, 0.2) is 0 Å². The van der Waals surface area contributed by atoms with Gasteiger partial charge >= 0.3 is 37.7 Å². The first-order valence-corrected chi connectivity index (χ1v) is 10.1. The van der Waals surface area contributed by atoms with Gasteiger partial charge in [-0.3, -0.25) is 4.79 Å². The number of carboxylic acids is 1. The Morgan fingerprint density at radius 1 is 1.22 bits per heavy atom. The topological polar surface area (TPSA) is 80.6 Å². The molecule has 6 nitrogen and oxygen atoms in total. The van der Waals surface area contributed by atoms with Crippen molar-refractivity contribution in [3.05, 3.63) is 89.3 Å². The van der Waals surface area contributed by atoms with Gasteiger partial charge in [-0.2, -0.15) is 0 Å². The third-order valence-corrected chi connectivity index (χ3v) is 5.14. The summed E-state index contributed by atoms with van der Waals surface area (Å²) in [5.74, 6) is -0.0718. The van der Waals surface area contributed by atoms with Crippen molar-refractivity contribution in [3.8, 4) is 11.5 Å². The predicted molar refractivity (Wildman–Crippen MR) is 121 cm³/mol. The summed E-state index contributed by atoms with van der Waals surface area (Å²) in [5.41, 5.74) is 3.20. The molecule has 160 valence electrons. The van der Waals surface area contributed by atoms with Crippen LogP contribution in [0.5, 0.6) is 11.5 Å². The van der Waals surface area contributed by atoms with Crippen LogP contribution in [0.25, 0.3) is 6.08 Å². The smallest absolute Gasteiger partial charge is 1.00 e. The SMILES string of the molecule is C[C@H](Oc1cccc(/C=C/Cn2cccc2C(=O)c2ccc3c(c2)OCC3)c1)C(=O)[O-].[Ca+2].[H-]. The Kier molecular flexibility index (Phi) is 8.18. The van der Waals surface area contributed by atoms with Crippen molar-refractivity contribution >= 4 is 55.6 Å². The minimum Gasteiger partial charge on any atom is -1.00 e. The number of ether oxygens (including phenoxy) is 2. The largest absolute Gasteiger partial charge is 2.00 e. The number of fused-ring (bicyclic) bond motifs is 1. The van der Waals surface area contributed by atoms with Crippen LogP contribution in [0.1, 0.15) is 35.5 Å². The number of carbonyl (C=O) groups is 2. The molecule has 0 N–H and O–H groups in total. The fraction of sp³-hybridized carbons (Fsp3) is 0.200. The maximum atomic E-state index is 13.0. The molecular weight excluding hydrogens is 434 g/mol. The van der Waals surface area contributed by atoms with Gasteiger partial charge in [0.25, 0.3) is 0 Å². The van der Waals surface area contributed by atoms with Gasteiger partial charge in [0.2, 0.25) is 5.78 Å². The number of rotatable bonds is 8. The molecule has 1 aliphatic rings. The molecule has 3 aromatic rings. The Bertz CT molecular complexity index is 1160. The van der Waals surface area contributed by atoms with Gasteiger partial charge in [-0.1, -0.05) is 36.4 Å². The maximum Gasteiger partial charge on any atom is 2.00 e. The Morgan fingerprint density at radius 2 is 2.06 bits per heavy atom. The number of carbonyl (C=O) groups excluding carboxylic acids is 2. The molecule has 0 saturated carbocycles. The molecule has 4 rings (SSSR count). The molecule has 0 saturated heterocycles. The van der Waals surface area contributed by atoms with Gasteiger partial charge in [-0.25, -0.2) is 0 Å². The Balaban J connectivity index is 0.00000193. The fourth-order valence-electron chi connectivity index (χ4n) is 3.48. The number of aromatic nitrogens is 1. The van der Waals surface area contributed by atoms with Crippen LogP contribution in [0, 0.1) is 0 Å². The van der Waals surface area contributed by atoms with Gasteiger partial charge in [0, 0.05) is 24.7 Å². The van der Waals surface area contributed by atoms with Crippen LogP contribution in [-0.4, -0.2) is 66.8 Å². The molecule has 7 heteroatoms. The number of allylic oxidation sites excluding steroid dienone is 1. The number of carboxylic acid groups (broad SMARTS) is 1. The molecule has 1 atom stereocenters. The van der Waals surface area contributed by atoms with E-state index in [0.717, 1.165) is 23.3 Å². The van der Waals surface area contributed by atoms with E-state index in [1.54, 1.807) is 24.3 Å². The number of hydrogen-bond acceptors (Lipinski definition) is 5. The summed E-state index contributed by atoms with van der Waals surface area (Å²) in [6.07, 6.45) is 5.54. The van der Waals surface area contributed by atoms with E-state index >= 15 is 0 Å². The molecule has 32 heavy (non-hydrogen) atoms. The van der Waals surface area contributed by atoms with E-state index in [9.17, 15) is 14.7 Å². The second-order valence-corrected chi connectivity index (χ2v) is 7.35. The third kappa shape index (κ3) is 5.63. The monoisotopic (exact) mass is 457 g/mol. The van der Waals surface area contributed by atoms with E-state index in [1.807, 2.05) is 53.2 Å². The average molecular weight is 458 g/mol. The van der Waals surface area contributed by atoms with Crippen molar-refractivity contribution in [1.82, 2.24) is 4.57 Å². The van der Waals surface area contributed by atoms with Crippen molar-refractivity contribution < 1.29 is 25.6 Å². The minimum atomic E-state index is -1.26. The summed E-state index contributed by atoms with van der Waals surface area (Å²) in [4.78, 5) is 23.8. The molecule has 0 fully saturated rings. The molecular formula is C25H23CaNO5. The summed E-state index contributed by atoms with van der Waals surface area (Å²) in [7, 11) is 0. The summed E-state index contributed by atoms with van der Waals surface area (Å²) < 4.78 is 12.8. The van der Waals surface area contributed by atoms with Gasteiger partial charge < -0.3 is 25.4 Å². The quantitative estimate of drug-likeness (QED) is 0.384. The Hall–Kier alpha value is -2.54. The normalized spacial score (nSPS) is 13.2. The molecule has 1 aliphatic heterocycles. The zero-order valence-corrected chi connectivity index (χ0v) is 20.0. The van der Waals surface area contributed by atoms with Crippen molar-refractivity contribution in [2.24, 2.45) is 0 Å². The molecule has 0 unspecified atom stereocenters. The third-order valence-electron chi connectivity index (χ3n) is 5.14. The first kappa shape index (κ1) is 24.1. The standard InChI is InChI=1S/C25H23NO5.Ca.H/c1-17(25(28)29)31-21-7-2-5-18(15-21)6-3-12-26-13-4-8-22(26)24(27)20-10-9-19-11-14-30-23(19)16-20;;/h2-10,13,15-17H,11-12,14H2,1H3,(H,28,29);;/q;+2;-1/p-1/b6-3+;;/t17-;;/m0../s1. The summed E-state index contributed by atoms with van der Waals surface area (Å²) in [6.45, 7) is 2.60. The Labute approximate surface area is 217 Å². The van der Waals surface area contributed by atoms with Crippen molar-refractivity contribution in [1.29, 1.82) is 0 Å². The zero-order valence-electron chi connectivity index (χ0n) is 18.8. The van der Waals surface area contributed by atoms with Gasteiger partial charge in [0.1, 0.15) is 17.6 Å². The molecule has 1 aromatic heterocycles. The van der Waals surface area contributed by atoms with Crippen LogP contribution < -0.4 is 14.6 Å².